The fourth-order valence-corrected chi connectivity index (χ4v) is 5.71. The zero-order chi connectivity index (χ0) is 19.2. The van der Waals surface area contributed by atoms with E-state index >= 15 is 0 Å². The van der Waals surface area contributed by atoms with Crippen LogP contribution in [0, 0.1) is 11.3 Å². The molecule has 2 N–H and O–H groups in total. The summed E-state index contributed by atoms with van der Waals surface area (Å²) in [5, 5.41) is 13.1. The van der Waals surface area contributed by atoms with Crippen molar-refractivity contribution in [2.24, 2.45) is 11.3 Å². The monoisotopic (exact) mass is 399 g/mol. The van der Waals surface area contributed by atoms with Gasteiger partial charge in [0.25, 0.3) is 0 Å². The summed E-state index contributed by atoms with van der Waals surface area (Å²) in [5.74, 6) is -1.56. The lowest BCUT2D eigenvalue weighted by molar-refractivity contribution is -0.148. The largest absolute Gasteiger partial charge is 0.479 e. The zero-order valence-corrected chi connectivity index (χ0v) is 16.1. The van der Waals surface area contributed by atoms with Gasteiger partial charge in [-0.05, 0) is 48.8 Å². The first-order valence-corrected chi connectivity index (χ1v) is 10.9. The Morgan fingerprint density at radius 1 is 1.27 bits per heavy atom. The Balaban J connectivity index is 1.79. The van der Waals surface area contributed by atoms with Gasteiger partial charge in [-0.25, -0.2) is 13.2 Å². The van der Waals surface area contributed by atoms with Crippen LogP contribution in [-0.2, 0) is 25.0 Å². The number of carboxylic acids is 1. The second kappa shape index (κ2) is 6.53. The molecular weight excluding hydrogens is 378 g/mol. The normalized spacial score (nSPS) is 25.2. The molecule has 2 fully saturated rings. The topological polar surface area (TPSA) is 101 Å². The van der Waals surface area contributed by atoms with E-state index < -0.39 is 21.3 Å². The van der Waals surface area contributed by atoms with Crippen molar-refractivity contribution in [2.45, 2.75) is 38.1 Å². The van der Waals surface area contributed by atoms with Crippen molar-refractivity contribution in [2.75, 3.05) is 11.5 Å². The van der Waals surface area contributed by atoms with Gasteiger partial charge >= 0.3 is 5.97 Å². The maximum atomic E-state index is 12.8. The first kappa shape index (κ1) is 19.2. The molecule has 1 aromatic rings. The average Bonchev–Trinajstić information content (AvgIpc) is 3.31. The van der Waals surface area contributed by atoms with Crippen LogP contribution >= 0.6 is 11.6 Å². The van der Waals surface area contributed by atoms with Gasteiger partial charge in [0.2, 0.25) is 5.91 Å². The summed E-state index contributed by atoms with van der Waals surface area (Å²) in [6.07, 6.45) is 1.75. The average molecular weight is 400 g/mol. The lowest BCUT2D eigenvalue weighted by atomic mass is 9.86. The van der Waals surface area contributed by atoms with E-state index in [1.807, 2.05) is 0 Å². The molecule has 2 atom stereocenters. The fourth-order valence-electron chi connectivity index (χ4n) is 3.94. The minimum absolute atomic E-state index is 0.103. The van der Waals surface area contributed by atoms with Crippen LogP contribution in [0.15, 0.2) is 24.3 Å². The summed E-state index contributed by atoms with van der Waals surface area (Å²) in [6, 6.07) is 6.41. The van der Waals surface area contributed by atoms with Gasteiger partial charge in [0.05, 0.1) is 11.5 Å². The third-order valence-electron chi connectivity index (χ3n) is 5.90. The highest BCUT2D eigenvalue weighted by Gasteiger charge is 2.60. The van der Waals surface area contributed by atoms with Gasteiger partial charge in [-0.2, -0.15) is 0 Å². The van der Waals surface area contributed by atoms with Gasteiger partial charge in [0, 0.05) is 10.9 Å². The van der Waals surface area contributed by atoms with Crippen molar-refractivity contribution in [3.8, 4) is 0 Å². The first-order chi connectivity index (χ1) is 12.1. The molecule has 8 heteroatoms. The predicted molar refractivity (Wildman–Crippen MR) is 97.6 cm³/mol. The molecule has 0 aromatic heterocycles. The summed E-state index contributed by atoms with van der Waals surface area (Å²) in [4.78, 5) is 24.9. The number of carbonyl (C=O) groups is 2. The smallest absolute Gasteiger partial charge is 0.334 e. The lowest BCUT2D eigenvalue weighted by Crippen LogP contribution is -2.52. The number of sulfone groups is 1. The van der Waals surface area contributed by atoms with Crippen molar-refractivity contribution < 1.29 is 23.1 Å². The molecular formula is C18H22ClNO5S. The van der Waals surface area contributed by atoms with Crippen molar-refractivity contribution in [3.05, 3.63) is 34.9 Å². The highest BCUT2D eigenvalue weighted by Crippen LogP contribution is 2.60. The van der Waals surface area contributed by atoms with Crippen LogP contribution in [0.2, 0.25) is 5.02 Å². The van der Waals surface area contributed by atoms with Crippen molar-refractivity contribution in [1.82, 2.24) is 5.32 Å². The van der Waals surface area contributed by atoms with Gasteiger partial charge in [0.1, 0.15) is 9.84 Å². The minimum atomic E-state index is -3.00. The Labute approximate surface area is 157 Å². The number of amides is 1. The number of hydrogen-bond donors (Lipinski definition) is 2. The third kappa shape index (κ3) is 3.34. The Bertz CT molecular complexity index is 822. The highest BCUT2D eigenvalue weighted by molar-refractivity contribution is 7.91. The lowest BCUT2D eigenvalue weighted by Gasteiger charge is -2.31. The van der Waals surface area contributed by atoms with Crippen molar-refractivity contribution >= 4 is 33.3 Å². The summed E-state index contributed by atoms with van der Waals surface area (Å²) in [7, 11) is -3.00. The second-order valence-electron chi connectivity index (χ2n) is 7.33. The van der Waals surface area contributed by atoms with E-state index in [0.717, 1.165) is 0 Å². The Kier molecular flexibility index (Phi) is 4.82. The molecule has 2 unspecified atom stereocenters. The second-order valence-corrected chi connectivity index (χ2v) is 10.1. The van der Waals surface area contributed by atoms with Crippen LogP contribution in [0.5, 0.6) is 0 Å². The maximum Gasteiger partial charge on any atom is 0.334 e. The molecule has 0 bridgehead atoms. The molecule has 1 aliphatic heterocycles. The minimum Gasteiger partial charge on any atom is -0.479 e. The van der Waals surface area contributed by atoms with Gasteiger partial charge in [-0.15, -0.1) is 0 Å². The Morgan fingerprint density at radius 2 is 1.85 bits per heavy atom. The molecule has 1 aromatic carbocycles. The highest BCUT2D eigenvalue weighted by atomic mass is 35.5. The van der Waals surface area contributed by atoms with Crippen LogP contribution in [-0.4, -0.2) is 36.9 Å². The molecule has 1 amide bonds. The SMILES string of the molecule is CCC(NC(=O)C1CC12CCS(=O)(=O)CC2)(C(=O)O)c1ccc(Cl)cc1. The molecule has 1 spiro atoms. The molecule has 0 radical (unpaired) electrons. The molecule has 1 saturated heterocycles. The summed E-state index contributed by atoms with van der Waals surface area (Å²) in [5.41, 5.74) is -1.34. The Hall–Kier alpha value is -1.60. The van der Waals surface area contributed by atoms with E-state index in [9.17, 15) is 23.1 Å². The number of nitrogens with one attached hydrogen (secondary N) is 1. The molecule has 26 heavy (non-hydrogen) atoms. The van der Waals surface area contributed by atoms with Crippen LogP contribution in [0.3, 0.4) is 0 Å². The van der Waals surface area contributed by atoms with E-state index in [2.05, 4.69) is 5.32 Å². The van der Waals surface area contributed by atoms with Crippen molar-refractivity contribution in [3.63, 3.8) is 0 Å². The molecule has 6 nitrogen and oxygen atoms in total. The van der Waals surface area contributed by atoms with Gasteiger partial charge < -0.3 is 10.4 Å². The van der Waals surface area contributed by atoms with Crippen LogP contribution in [0.4, 0.5) is 0 Å². The van der Waals surface area contributed by atoms with Crippen LogP contribution in [0.25, 0.3) is 0 Å². The molecule has 1 saturated carbocycles. The third-order valence-corrected chi connectivity index (χ3v) is 7.80. The summed E-state index contributed by atoms with van der Waals surface area (Å²) in [6.45, 7) is 1.71. The van der Waals surface area contributed by atoms with E-state index in [1.54, 1.807) is 31.2 Å². The van der Waals surface area contributed by atoms with E-state index in [4.69, 9.17) is 11.6 Å². The van der Waals surface area contributed by atoms with Crippen molar-refractivity contribution in [1.29, 1.82) is 0 Å². The number of hydrogen-bond acceptors (Lipinski definition) is 4. The number of rotatable bonds is 5. The van der Waals surface area contributed by atoms with Gasteiger partial charge in [-0.1, -0.05) is 30.7 Å². The van der Waals surface area contributed by atoms with E-state index in [0.29, 0.717) is 29.8 Å². The molecule has 3 rings (SSSR count). The Morgan fingerprint density at radius 3 is 2.35 bits per heavy atom. The number of halogens is 1. The number of benzene rings is 1. The summed E-state index contributed by atoms with van der Waals surface area (Å²) >= 11 is 5.89. The predicted octanol–water partition coefficient (Wildman–Crippen LogP) is 2.36. The van der Waals surface area contributed by atoms with Gasteiger partial charge in [-0.3, -0.25) is 4.79 Å². The first-order valence-electron chi connectivity index (χ1n) is 8.66. The van der Waals surface area contributed by atoms with E-state index in [1.165, 1.54) is 0 Å². The van der Waals surface area contributed by atoms with Gasteiger partial charge in [0.15, 0.2) is 5.54 Å². The standard InChI is InChI=1S/C18H22ClNO5S/c1-2-18(16(22)23,12-3-5-13(19)6-4-12)20-15(21)14-11-17(14)7-9-26(24,25)10-8-17/h3-6,14H,2,7-11H2,1H3,(H,20,21)(H,22,23). The number of aliphatic carboxylic acids is 1. The number of carbonyl (C=O) groups excluding carboxylic acids is 1. The molecule has 142 valence electrons. The van der Waals surface area contributed by atoms with Crippen LogP contribution in [0.1, 0.15) is 38.2 Å². The molecule has 2 aliphatic rings. The zero-order valence-electron chi connectivity index (χ0n) is 14.5. The summed E-state index contributed by atoms with van der Waals surface area (Å²) < 4.78 is 23.3. The van der Waals surface area contributed by atoms with Crippen LogP contribution < -0.4 is 5.32 Å². The quantitative estimate of drug-likeness (QED) is 0.791. The fraction of sp³-hybridized carbons (Fsp3) is 0.556. The molecule has 1 aliphatic carbocycles. The number of carboxylic acid groups (broad SMARTS) is 1. The maximum absolute atomic E-state index is 12.8. The van der Waals surface area contributed by atoms with E-state index in [-0.39, 0.29) is 35.2 Å². The molecule has 1 heterocycles.